The van der Waals surface area contributed by atoms with E-state index in [2.05, 4.69) is 25.3 Å². The van der Waals surface area contributed by atoms with Gasteiger partial charge in [0.1, 0.15) is 5.66 Å². The highest BCUT2D eigenvalue weighted by atomic mass is 32.1. The van der Waals surface area contributed by atoms with Crippen LogP contribution in [0.15, 0.2) is 33.6 Å². The average molecular weight is 314 g/mol. The van der Waals surface area contributed by atoms with E-state index in [9.17, 15) is 0 Å². The van der Waals surface area contributed by atoms with E-state index in [1.54, 1.807) is 0 Å². The van der Waals surface area contributed by atoms with Crippen molar-refractivity contribution in [2.24, 2.45) is 21.5 Å². The zero-order chi connectivity index (χ0) is 15.2. The molecule has 1 saturated carbocycles. The summed E-state index contributed by atoms with van der Waals surface area (Å²) in [7, 11) is 0. The SMILES string of the molecule is NC1=NC2(CCCCC2)N(c2ccc3nscc3c2)C(N)=N1. The van der Waals surface area contributed by atoms with Crippen LogP contribution in [-0.2, 0) is 0 Å². The molecular formula is C15H18N6S. The maximum atomic E-state index is 6.23. The molecule has 1 aliphatic heterocycles. The van der Waals surface area contributed by atoms with Crippen LogP contribution in [-0.4, -0.2) is 22.0 Å². The van der Waals surface area contributed by atoms with Gasteiger partial charge in [-0.3, -0.25) is 4.90 Å². The van der Waals surface area contributed by atoms with E-state index < -0.39 is 0 Å². The summed E-state index contributed by atoms with van der Waals surface area (Å²) in [5.41, 5.74) is 13.7. The first-order valence-electron chi connectivity index (χ1n) is 7.52. The van der Waals surface area contributed by atoms with Gasteiger partial charge in [0, 0.05) is 16.5 Å². The molecule has 1 fully saturated rings. The Labute approximate surface area is 132 Å². The molecule has 0 radical (unpaired) electrons. The van der Waals surface area contributed by atoms with Gasteiger partial charge in [0.25, 0.3) is 0 Å². The van der Waals surface area contributed by atoms with Gasteiger partial charge in [-0.2, -0.15) is 9.37 Å². The minimum absolute atomic E-state index is 0.286. The Morgan fingerprint density at radius 3 is 2.77 bits per heavy atom. The van der Waals surface area contributed by atoms with E-state index in [0.717, 1.165) is 42.3 Å². The Kier molecular flexibility index (Phi) is 3.04. The molecule has 1 spiro atoms. The Morgan fingerprint density at radius 1 is 1.14 bits per heavy atom. The Balaban J connectivity index is 1.84. The largest absolute Gasteiger partial charge is 0.369 e. The second-order valence-corrected chi connectivity index (χ2v) is 6.51. The van der Waals surface area contributed by atoms with Crippen molar-refractivity contribution in [2.45, 2.75) is 37.8 Å². The second-order valence-electron chi connectivity index (χ2n) is 5.88. The maximum Gasteiger partial charge on any atom is 0.220 e. The average Bonchev–Trinajstić information content (AvgIpc) is 2.94. The number of nitrogens with zero attached hydrogens (tertiary/aromatic N) is 4. The first-order valence-corrected chi connectivity index (χ1v) is 8.35. The summed E-state index contributed by atoms with van der Waals surface area (Å²) in [4.78, 5) is 10.9. The van der Waals surface area contributed by atoms with Gasteiger partial charge < -0.3 is 11.5 Å². The fourth-order valence-corrected chi connectivity index (χ4v) is 4.13. The van der Waals surface area contributed by atoms with Gasteiger partial charge in [-0.1, -0.05) is 6.42 Å². The predicted octanol–water partition coefficient (Wildman–Crippen LogP) is 2.41. The van der Waals surface area contributed by atoms with Crippen LogP contribution >= 0.6 is 11.5 Å². The monoisotopic (exact) mass is 314 g/mol. The fraction of sp³-hybridized carbons (Fsp3) is 0.400. The van der Waals surface area contributed by atoms with Gasteiger partial charge in [-0.05, 0) is 55.4 Å². The molecular weight excluding hydrogens is 296 g/mol. The van der Waals surface area contributed by atoms with Gasteiger partial charge in [0.15, 0.2) is 0 Å². The number of fused-ring (bicyclic) bond motifs is 1. The minimum atomic E-state index is -0.384. The number of anilines is 1. The van der Waals surface area contributed by atoms with Gasteiger partial charge in [0.2, 0.25) is 11.9 Å². The molecule has 22 heavy (non-hydrogen) atoms. The second kappa shape index (κ2) is 4.95. The summed E-state index contributed by atoms with van der Waals surface area (Å²) in [6.45, 7) is 0. The van der Waals surface area contributed by atoms with Crippen molar-refractivity contribution < 1.29 is 0 Å². The van der Waals surface area contributed by atoms with Gasteiger partial charge in [-0.25, -0.2) is 4.99 Å². The molecule has 2 heterocycles. The molecule has 2 aromatic rings. The van der Waals surface area contributed by atoms with E-state index >= 15 is 0 Å². The summed E-state index contributed by atoms with van der Waals surface area (Å²) >= 11 is 1.46. The molecule has 0 bridgehead atoms. The van der Waals surface area contributed by atoms with Gasteiger partial charge in [-0.15, -0.1) is 0 Å². The number of benzene rings is 1. The van der Waals surface area contributed by atoms with Crippen LogP contribution in [0.5, 0.6) is 0 Å². The smallest absolute Gasteiger partial charge is 0.220 e. The summed E-state index contributed by atoms with van der Waals surface area (Å²) < 4.78 is 4.35. The number of guanidine groups is 2. The van der Waals surface area contributed by atoms with Crippen molar-refractivity contribution in [1.82, 2.24) is 4.37 Å². The van der Waals surface area contributed by atoms with Crippen LogP contribution in [0, 0.1) is 0 Å². The number of hydrogen-bond acceptors (Lipinski definition) is 7. The quantitative estimate of drug-likeness (QED) is 0.845. The molecule has 6 nitrogen and oxygen atoms in total. The van der Waals surface area contributed by atoms with E-state index in [-0.39, 0.29) is 11.6 Å². The van der Waals surface area contributed by atoms with E-state index in [0.29, 0.717) is 5.96 Å². The summed E-state index contributed by atoms with van der Waals surface area (Å²) in [5, 5.41) is 3.16. The Morgan fingerprint density at radius 2 is 1.95 bits per heavy atom. The van der Waals surface area contributed by atoms with Crippen molar-refractivity contribution in [3.63, 3.8) is 0 Å². The van der Waals surface area contributed by atoms with Crippen molar-refractivity contribution in [3.05, 3.63) is 23.6 Å². The third-order valence-corrected chi connectivity index (χ3v) is 5.11. The van der Waals surface area contributed by atoms with Gasteiger partial charge in [0.05, 0.1) is 5.52 Å². The lowest BCUT2D eigenvalue weighted by Gasteiger charge is -2.45. The van der Waals surface area contributed by atoms with E-state index in [4.69, 9.17) is 11.5 Å². The lowest BCUT2D eigenvalue weighted by molar-refractivity contribution is 0.305. The van der Waals surface area contributed by atoms with Crippen LogP contribution < -0.4 is 16.4 Å². The molecule has 2 aliphatic rings. The number of aromatic nitrogens is 1. The predicted molar refractivity (Wildman–Crippen MR) is 91.2 cm³/mol. The topological polar surface area (TPSA) is 92.9 Å². The molecule has 1 aromatic carbocycles. The third-order valence-electron chi connectivity index (χ3n) is 4.45. The van der Waals surface area contributed by atoms with Gasteiger partial charge >= 0.3 is 0 Å². The molecule has 0 amide bonds. The number of rotatable bonds is 1. The molecule has 4 N–H and O–H groups in total. The zero-order valence-corrected chi connectivity index (χ0v) is 13.0. The maximum absolute atomic E-state index is 6.23. The number of nitrogens with two attached hydrogens (primary N) is 2. The molecule has 0 saturated heterocycles. The summed E-state index contributed by atoms with van der Waals surface area (Å²) in [6.07, 6.45) is 5.38. The molecule has 1 aliphatic carbocycles. The Bertz CT molecular complexity index is 771. The fourth-order valence-electron chi connectivity index (χ4n) is 3.49. The highest BCUT2D eigenvalue weighted by Gasteiger charge is 2.42. The minimum Gasteiger partial charge on any atom is -0.369 e. The van der Waals surface area contributed by atoms with Crippen molar-refractivity contribution >= 4 is 40.0 Å². The van der Waals surface area contributed by atoms with Crippen molar-refractivity contribution in [2.75, 3.05) is 4.90 Å². The highest BCUT2D eigenvalue weighted by molar-refractivity contribution is 7.04. The van der Waals surface area contributed by atoms with Crippen molar-refractivity contribution in [1.29, 1.82) is 0 Å². The Hall–Kier alpha value is -2.15. The lowest BCUT2D eigenvalue weighted by atomic mass is 9.87. The van der Waals surface area contributed by atoms with Crippen LogP contribution in [0.2, 0.25) is 0 Å². The van der Waals surface area contributed by atoms with Crippen LogP contribution in [0.3, 0.4) is 0 Å². The standard InChI is InChI=1S/C15H18N6S/c16-13-18-14(17)21(15(19-13)6-2-1-3-7-15)11-4-5-12-10(8-11)9-22-20-12/h4-5,8-9H,1-3,6-7H2,(H4,16,17,18,19). The van der Waals surface area contributed by atoms with Crippen LogP contribution in [0.25, 0.3) is 10.9 Å². The number of aliphatic imine (C=N–C) groups is 2. The summed E-state index contributed by atoms with van der Waals surface area (Å²) in [6, 6.07) is 6.17. The number of hydrogen-bond donors (Lipinski definition) is 2. The normalized spacial score (nSPS) is 21.0. The zero-order valence-electron chi connectivity index (χ0n) is 12.2. The molecule has 1 aromatic heterocycles. The molecule has 0 atom stereocenters. The summed E-state index contributed by atoms with van der Waals surface area (Å²) in [5.74, 6) is 0.714. The van der Waals surface area contributed by atoms with E-state index in [1.165, 1.54) is 18.0 Å². The molecule has 114 valence electrons. The van der Waals surface area contributed by atoms with Crippen LogP contribution in [0.4, 0.5) is 5.69 Å². The van der Waals surface area contributed by atoms with E-state index in [1.807, 2.05) is 17.5 Å². The first-order chi connectivity index (χ1) is 10.7. The first kappa shape index (κ1) is 13.5. The third kappa shape index (κ3) is 2.04. The molecule has 4 rings (SSSR count). The van der Waals surface area contributed by atoms with Crippen LogP contribution in [0.1, 0.15) is 32.1 Å². The lowest BCUT2D eigenvalue weighted by Crippen LogP contribution is -2.58. The van der Waals surface area contributed by atoms with Crippen molar-refractivity contribution in [3.8, 4) is 0 Å². The molecule has 0 unspecified atom stereocenters. The highest BCUT2D eigenvalue weighted by Crippen LogP contribution is 2.40. The molecule has 7 heteroatoms.